The quantitative estimate of drug-likeness (QED) is 0.744. The molecule has 3 nitrogen and oxygen atoms in total. The zero-order chi connectivity index (χ0) is 19.4. The van der Waals surface area contributed by atoms with E-state index in [-0.39, 0.29) is 11.9 Å². The van der Waals surface area contributed by atoms with E-state index in [2.05, 4.69) is 0 Å². The van der Waals surface area contributed by atoms with Crippen molar-refractivity contribution >= 4 is 5.97 Å². The molecule has 1 saturated carbocycles. The minimum absolute atomic E-state index is 0.0701. The van der Waals surface area contributed by atoms with Crippen LogP contribution in [0.25, 0.3) is 11.1 Å². The summed E-state index contributed by atoms with van der Waals surface area (Å²) in [7, 11) is 0. The molecule has 0 spiro atoms. The molecule has 1 aliphatic carbocycles. The van der Waals surface area contributed by atoms with Crippen molar-refractivity contribution in [2.75, 3.05) is 6.61 Å². The number of hydrogen-bond donors (Lipinski definition) is 1. The van der Waals surface area contributed by atoms with E-state index in [1.165, 1.54) is 30.3 Å². The van der Waals surface area contributed by atoms with Crippen LogP contribution in [0.2, 0.25) is 0 Å². The molecule has 0 unspecified atom stereocenters. The lowest BCUT2D eigenvalue weighted by Crippen LogP contribution is -2.41. The molecule has 1 fully saturated rings. The van der Waals surface area contributed by atoms with Gasteiger partial charge in [-0.3, -0.25) is 4.79 Å². The van der Waals surface area contributed by atoms with Crippen molar-refractivity contribution in [3.8, 4) is 11.1 Å². The molecule has 0 radical (unpaired) electrons. The summed E-state index contributed by atoms with van der Waals surface area (Å²) in [6, 6.07) is 10.2. The van der Waals surface area contributed by atoms with E-state index >= 15 is 0 Å². The van der Waals surface area contributed by atoms with E-state index < -0.39 is 17.2 Å². The average molecular weight is 374 g/mol. The molecule has 0 bridgehead atoms. The summed E-state index contributed by atoms with van der Waals surface area (Å²) in [5.41, 5.74) is 0.280. The van der Waals surface area contributed by atoms with Crippen LogP contribution in [-0.2, 0) is 14.9 Å². The van der Waals surface area contributed by atoms with Crippen molar-refractivity contribution < 1.29 is 23.4 Å². The summed E-state index contributed by atoms with van der Waals surface area (Å²) in [5, 5.41) is 9.91. The highest BCUT2D eigenvalue weighted by Crippen LogP contribution is 2.42. The van der Waals surface area contributed by atoms with E-state index in [9.17, 15) is 18.7 Å². The van der Waals surface area contributed by atoms with Gasteiger partial charge in [0.2, 0.25) is 0 Å². The van der Waals surface area contributed by atoms with Crippen molar-refractivity contribution in [3.05, 3.63) is 59.7 Å². The average Bonchev–Trinajstić information content (AvgIpc) is 2.67. The van der Waals surface area contributed by atoms with Crippen LogP contribution in [0.4, 0.5) is 8.78 Å². The fourth-order valence-electron chi connectivity index (χ4n) is 3.84. The first-order valence-electron chi connectivity index (χ1n) is 9.37. The van der Waals surface area contributed by atoms with Gasteiger partial charge in [0.1, 0.15) is 11.6 Å². The molecule has 0 aliphatic heterocycles. The zero-order valence-corrected chi connectivity index (χ0v) is 15.4. The summed E-state index contributed by atoms with van der Waals surface area (Å²) >= 11 is 0. The smallest absolute Gasteiger partial charge is 0.314 e. The first kappa shape index (κ1) is 19.5. The fourth-order valence-corrected chi connectivity index (χ4v) is 3.84. The van der Waals surface area contributed by atoms with E-state index in [0.717, 1.165) is 6.42 Å². The predicted octanol–water partition coefficient (Wildman–Crippen LogP) is 5.32. The second-order valence-electron chi connectivity index (χ2n) is 7.16. The van der Waals surface area contributed by atoms with Gasteiger partial charge < -0.3 is 9.84 Å². The van der Waals surface area contributed by atoms with Gasteiger partial charge in [-0.2, -0.15) is 0 Å². The Bertz CT molecular complexity index is 794. The number of benzene rings is 2. The molecule has 2 aromatic rings. The molecular weight excluding hydrogens is 350 g/mol. The maximum Gasteiger partial charge on any atom is 0.314 e. The summed E-state index contributed by atoms with van der Waals surface area (Å²) in [6.45, 7) is 2.71. The minimum Gasteiger partial charge on any atom is -0.481 e. The van der Waals surface area contributed by atoms with Crippen LogP contribution in [-0.4, -0.2) is 23.8 Å². The normalized spacial score (nSPS) is 22.6. The van der Waals surface area contributed by atoms with Gasteiger partial charge in [-0.25, -0.2) is 8.78 Å². The number of rotatable bonds is 6. The molecule has 1 N–H and O–H groups in total. The van der Waals surface area contributed by atoms with Crippen LogP contribution in [0, 0.1) is 11.6 Å². The Balaban J connectivity index is 1.86. The molecular formula is C22H24F2O3. The molecule has 0 saturated heterocycles. The summed E-state index contributed by atoms with van der Waals surface area (Å²) in [5.74, 6) is -1.81. The maximum absolute atomic E-state index is 14.8. The Morgan fingerprint density at radius 2 is 1.81 bits per heavy atom. The molecule has 1 aliphatic rings. The molecule has 144 valence electrons. The standard InChI is InChI=1S/C22H24F2O3/c1-2-13-27-18-9-11-22(12-10-18,21(25)26)16-5-8-19(20(24)14-16)15-3-6-17(23)7-4-15/h3-8,14,18H,2,9-13H2,1H3,(H,25,26). The van der Waals surface area contributed by atoms with Crippen molar-refractivity contribution in [2.24, 2.45) is 0 Å². The van der Waals surface area contributed by atoms with Gasteiger partial charge in [-0.05, 0) is 61.4 Å². The summed E-state index contributed by atoms with van der Waals surface area (Å²) < 4.78 is 33.6. The minimum atomic E-state index is -1.09. The lowest BCUT2D eigenvalue weighted by Gasteiger charge is -2.37. The Morgan fingerprint density at radius 1 is 1.15 bits per heavy atom. The van der Waals surface area contributed by atoms with Crippen molar-refractivity contribution in [1.82, 2.24) is 0 Å². The summed E-state index contributed by atoms with van der Waals surface area (Å²) in [4.78, 5) is 12.1. The van der Waals surface area contributed by atoms with E-state index in [1.807, 2.05) is 6.92 Å². The number of halogens is 2. The fraction of sp³-hybridized carbons (Fsp3) is 0.409. The largest absolute Gasteiger partial charge is 0.481 e. The van der Waals surface area contributed by atoms with Crippen molar-refractivity contribution in [3.63, 3.8) is 0 Å². The second-order valence-corrected chi connectivity index (χ2v) is 7.16. The Hall–Kier alpha value is -2.27. The molecule has 0 atom stereocenters. The lowest BCUT2D eigenvalue weighted by molar-refractivity contribution is -0.146. The molecule has 27 heavy (non-hydrogen) atoms. The summed E-state index contributed by atoms with van der Waals surface area (Å²) in [6.07, 6.45) is 3.14. The van der Waals surface area contributed by atoms with Crippen LogP contribution >= 0.6 is 0 Å². The third-order valence-corrected chi connectivity index (χ3v) is 5.43. The van der Waals surface area contributed by atoms with Gasteiger partial charge in [0.25, 0.3) is 0 Å². The highest BCUT2D eigenvalue weighted by atomic mass is 19.1. The molecule has 0 aromatic heterocycles. The van der Waals surface area contributed by atoms with Gasteiger partial charge in [0, 0.05) is 12.2 Å². The molecule has 2 aromatic carbocycles. The van der Waals surface area contributed by atoms with Crippen LogP contribution in [0.15, 0.2) is 42.5 Å². The Labute approximate surface area is 158 Å². The van der Waals surface area contributed by atoms with Crippen molar-refractivity contribution in [1.29, 1.82) is 0 Å². The van der Waals surface area contributed by atoms with Crippen LogP contribution < -0.4 is 0 Å². The SMILES string of the molecule is CCCOC1CCC(C(=O)O)(c2ccc(-c3ccc(F)cc3)c(F)c2)CC1. The molecule has 5 heteroatoms. The van der Waals surface area contributed by atoms with Gasteiger partial charge in [0.15, 0.2) is 0 Å². The van der Waals surface area contributed by atoms with E-state index in [1.54, 1.807) is 12.1 Å². The Morgan fingerprint density at radius 3 is 2.37 bits per heavy atom. The lowest BCUT2D eigenvalue weighted by atomic mass is 9.68. The number of carboxylic acid groups (broad SMARTS) is 1. The molecule has 3 rings (SSSR count). The highest BCUT2D eigenvalue weighted by Gasteiger charge is 2.44. The molecule has 0 amide bonds. The van der Waals surface area contributed by atoms with Gasteiger partial charge in [-0.15, -0.1) is 0 Å². The van der Waals surface area contributed by atoms with Gasteiger partial charge in [-0.1, -0.05) is 31.2 Å². The van der Waals surface area contributed by atoms with Crippen LogP contribution in [0.3, 0.4) is 0 Å². The third kappa shape index (κ3) is 4.03. The second kappa shape index (κ2) is 8.17. The van der Waals surface area contributed by atoms with Gasteiger partial charge in [0.05, 0.1) is 11.5 Å². The number of carbonyl (C=O) groups is 1. The van der Waals surface area contributed by atoms with Gasteiger partial charge >= 0.3 is 5.97 Å². The number of ether oxygens (including phenoxy) is 1. The predicted molar refractivity (Wildman–Crippen MR) is 99.6 cm³/mol. The number of carboxylic acids is 1. The van der Waals surface area contributed by atoms with Crippen LogP contribution in [0.5, 0.6) is 0 Å². The first-order valence-corrected chi connectivity index (χ1v) is 9.37. The topological polar surface area (TPSA) is 46.5 Å². The number of aliphatic carboxylic acids is 1. The Kier molecular flexibility index (Phi) is 5.90. The third-order valence-electron chi connectivity index (χ3n) is 5.43. The maximum atomic E-state index is 14.8. The van der Waals surface area contributed by atoms with E-state index in [0.29, 0.717) is 49.0 Å². The molecule has 0 heterocycles. The van der Waals surface area contributed by atoms with E-state index in [4.69, 9.17) is 4.74 Å². The first-order chi connectivity index (χ1) is 13.0. The monoisotopic (exact) mass is 374 g/mol. The zero-order valence-electron chi connectivity index (χ0n) is 15.4. The van der Waals surface area contributed by atoms with Crippen LogP contribution in [0.1, 0.15) is 44.6 Å². The highest BCUT2D eigenvalue weighted by molar-refractivity contribution is 5.82. The van der Waals surface area contributed by atoms with Crippen molar-refractivity contribution in [2.45, 2.75) is 50.5 Å². The number of hydrogen-bond acceptors (Lipinski definition) is 2.